The predicted octanol–water partition coefficient (Wildman–Crippen LogP) is 5.18. The molecule has 1 heterocycles. The monoisotopic (exact) mass is 457 g/mol. The van der Waals surface area contributed by atoms with Crippen LogP contribution in [-0.2, 0) is 22.9 Å². The summed E-state index contributed by atoms with van der Waals surface area (Å²) in [6.07, 6.45) is 3.91. The van der Waals surface area contributed by atoms with Crippen molar-refractivity contribution in [2.45, 2.75) is 51.3 Å². The number of fused-ring (bicyclic) bond motifs is 3. The Labute approximate surface area is 187 Å². The van der Waals surface area contributed by atoms with Gasteiger partial charge in [0.1, 0.15) is 22.7 Å². The summed E-state index contributed by atoms with van der Waals surface area (Å²) in [6.45, 7) is 6.77. The van der Waals surface area contributed by atoms with Gasteiger partial charge in [-0.3, -0.25) is 4.72 Å². The predicted molar refractivity (Wildman–Crippen MR) is 122 cm³/mol. The van der Waals surface area contributed by atoms with Crippen molar-refractivity contribution in [3.63, 3.8) is 0 Å². The molecule has 0 saturated heterocycles. The molecule has 4 rings (SSSR count). The summed E-state index contributed by atoms with van der Waals surface area (Å²) >= 11 is 0. The van der Waals surface area contributed by atoms with E-state index < -0.39 is 27.3 Å². The summed E-state index contributed by atoms with van der Waals surface area (Å²) in [5.41, 5.74) is 1.96. The van der Waals surface area contributed by atoms with E-state index >= 15 is 0 Å². The molecule has 0 aliphatic heterocycles. The van der Waals surface area contributed by atoms with E-state index in [4.69, 9.17) is 9.52 Å². The van der Waals surface area contributed by atoms with Crippen molar-refractivity contribution in [1.82, 2.24) is 0 Å². The van der Waals surface area contributed by atoms with E-state index in [1.807, 2.05) is 0 Å². The molecule has 32 heavy (non-hydrogen) atoms. The normalized spacial score (nSPS) is 16.7. The number of carbonyl (C=O) groups is 1. The molecule has 0 radical (unpaired) electrons. The fraction of sp³-hybridized carbons (Fsp3) is 0.375. The Bertz CT molecular complexity index is 1310. The highest BCUT2D eigenvalue weighted by Gasteiger charge is 2.33. The molecule has 0 bridgehead atoms. The number of hydrogen-bond acceptors (Lipinski definition) is 5. The van der Waals surface area contributed by atoms with Gasteiger partial charge in [0.05, 0.1) is 4.90 Å². The third kappa shape index (κ3) is 3.95. The molecule has 3 N–H and O–H groups in total. The van der Waals surface area contributed by atoms with Crippen LogP contribution in [-0.4, -0.2) is 24.6 Å². The van der Waals surface area contributed by atoms with Crippen molar-refractivity contribution < 1.29 is 27.8 Å². The first-order valence-corrected chi connectivity index (χ1v) is 12.1. The maximum Gasteiger partial charge on any atom is 0.339 e. The van der Waals surface area contributed by atoms with Gasteiger partial charge in [0, 0.05) is 23.1 Å². The van der Waals surface area contributed by atoms with Gasteiger partial charge in [0.25, 0.3) is 10.0 Å². The number of nitrogens with one attached hydrogen (secondary N) is 1. The number of aromatic carboxylic acids is 1. The summed E-state index contributed by atoms with van der Waals surface area (Å²) in [5, 5.41) is 19.7. The quantitative estimate of drug-likeness (QED) is 0.470. The zero-order valence-electron chi connectivity index (χ0n) is 18.3. The van der Waals surface area contributed by atoms with Crippen LogP contribution in [0.2, 0.25) is 0 Å². The number of furan rings is 1. The van der Waals surface area contributed by atoms with Gasteiger partial charge in [-0.2, -0.15) is 0 Å². The number of aryl methyl sites for hydroxylation is 1. The summed E-state index contributed by atoms with van der Waals surface area (Å²) in [4.78, 5) is 11.0. The molecule has 8 heteroatoms. The third-order valence-corrected chi connectivity index (χ3v) is 8.20. The number of aromatic hydroxyl groups is 1. The second kappa shape index (κ2) is 7.85. The van der Waals surface area contributed by atoms with E-state index in [1.54, 1.807) is 18.2 Å². The van der Waals surface area contributed by atoms with Gasteiger partial charge in [-0.15, -0.1) is 0 Å². The van der Waals surface area contributed by atoms with E-state index in [2.05, 4.69) is 25.5 Å². The average Bonchev–Trinajstić information content (AvgIpc) is 3.10. The van der Waals surface area contributed by atoms with Crippen molar-refractivity contribution >= 4 is 32.6 Å². The highest BCUT2D eigenvalue weighted by molar-refractivity contribution is 7.92. The second-order valence-corrected chi connectivity index (χ2v) is 10.8. The van der Waals surface area contributed by atoms with Crippen LogP contribution in [0.15, 0.2) is 45.7 Å². The van der Waals surface area contributed by atoms with Crippen LogP contribution in [0.4, 0.5) is 5.69 Å². The van der Waals surface area contributed by atoms with Crippen LogP contribution >= 0.6 is 0 Å². The number of rotatable bonds is 6. The van der Waals surface area contributed by atoms with Gasteiger partial charge >= 0.3 is 5.97 Å². The van der Waals surface area contributed by atoms with Crippen molar-refractivity contribution in [3.05, 3.63) is 53.3 Å². The molecule has 1 unspecified atom stereocenters. The van der Waals surface area contributed by atoms with Crippen LogP contribution in [0.1, 0.15) is 55.3 Å². The van der Waals surface area contributed by atoms with Gasteiger partial charge in [0.15, 0.2) is 0 Å². The Kier molecular flexibility index (Phi) is 5.45. The fourth-order valence-electron chi connectivity index (χ4n) is 4.37. The average molecular weight is 458 g/mol. The van der Waals surface area contributed by atoms with Crippen LogP contribution in [0.3, 0.4) is 0 Å². The third-order valence-electron chi connectivity index (χ3n) is 6.82. The molecule has 1 atom stereocenters. The second-order valence-electron chi connectivity index (χ2n) is 9.09. The Hall–Kier alpha value is -3.00. The number of carboxylic acid groups (broad SMARTS) is 1. The highest BCUT2D eigenvalue weighted by atomic mass is 32.2. The van der Waals surface area contributed by atoms with Gasteiger partial charge in [0.2, 0.25) is 0 Å². The molecule has 2 aromatic carbocycles. The van der Waals surface area contributed by atoms with Gasteiger partial charge in [-0.1, -0.05) is 27.2 Å². The van der Waals surface area contributed by atoms with E-state index in [0.29, 0.717) is 11.6 Å². The van der Waals surface area contributed by atoms with Crippen LogP contribution < -0.4 is 4.72 Å². The maximum absolute atomic E-state index is 12.9. The fourth-order valence-corrected chi connectivity index (χ4v) is 5.44. The zero-order chi connectivity index (χ0) is 23.3. The number of carboxylic acids is 1. The molecule has 3 aromatic rings. The standard InChI is InChI=1S/C24H27NO6S/c1-4-24(2,3)14-5-9-21-17(11-14)18-12-15(6-10-22(18)31-21)25-32(29,30)16-7-8-20(26)19(13-16)23(27)28/h6-8,10,12-14,25-26H,4-5,9,11H2,1-3H3,(H,27,28). The molecule has 1 aliphatic carbocycles. The SMILES string of the molecule is CCC(C)(C)C1CCc2oc3ccc(NS(=O)(=O)c4ccc(O)c(C(=O)O)c4)cc3c2C1. The lowest BCUT2D eigenvalue weighted by Gasteiger charge is -2.36. The van der Waals surface area contributed by atoms with Crippen molar-refractivity contribution in [2.75, 3.05) is 4.72 Å². The van der Waals surface area contributed by atoms with Crippen LogP contribution in [0, 0.1) is 11.3 Å². The Morgan fingerprint density at radius 3 is 2.66 bits per heavy atom. The minimum atomic E-state index is -4.05. The lowest BCUT2D eigenvalue weighted by atomic mass is 9.69. The first-order valence-electron chi connectivity index (χ1n) is 10.7. The maximum atomic E-state index is 12.9. The molecule has 0 saturated carbocycles. The molecule has 0 amide bonds. The Balaban J connectivity index is 1.67. The molecule has 170 valence electrons. The molecule has 1 aliphatic rings. The summed E-state index contributed by atoms with van der Waals surface area (Å²) in [7, 11) is -4.05. The molecule has 7 nitrogen and oxygen atoms in total. The van der Waals surface area contributed by atoms with Crippen molar-refractivity contribution in [3.8, 4) is 5.75 Å². The number of benzene rings is 2. The molecule has 0 fully saturated rings. The zero-order valence-corrected chi connectivity index (χ0v) is 19.1. The molecule has 1 aromatic heterocycles. The topological polar surface area (TPSA) is 117 Å². The van der Waals surface area contributed by atoms with E-state index in [1.165, 1.54) is 6.07 Å². The van der Waals surface area contributed by atoms with Crippen LogP contribution in [0.5, 0.6) is 5.75 Å². The number of phenols is 1. The van der Waals surface area contributed by atoms with E-state index in [-0.39, 0.29) is 10.3 Å². The van der Waals surface area contributed by atoms with E-state index in [9.17, 15) is 18.3 Å². The lowest BCUT2D eigenvalue weighted by Crippen LogP contribution is -2.28. The summed E-state index contributed by atoms with van der Waals surface area (Å²) < 4.78 is 34.3. The highest BCUT2D eigenvalue weighted by Crippen LogP contribution is 2.43. The minimum absolute atomic E-state index is 0.210. The number of anilines is 1. The van der Waals surface area contributed by atoms with Gasteiger partial charge in [-0.25, -0.2) is 13.2 Å². The largest absolute Gasteiger partial charge is 0.507 e. The lowest BCUT2D eigenvalue weighted by molar-refractivity contribution is 0.0693. The smallest absolute Gasteiger partial charge is 0.339 e. The first-order chi connectivity index (χ1) is 15.0. The van der Waals surface area contributed by atoms with Crippen molar-refractivity contribution in [1.29, 1.82) is 0 Å². The van der Waals surface area contributed by atoms with Gasteiger partial charge < -0.3 is 14.6 Å². The van der Waals surface area contributed by atoms with Crippen molar-refractivity contribution in [2.24, 2.45) is 11.3 Å². The molecular weight excluding hydrogens is 430 g/mol. The summed E-state index contributed by atoms with van der Waals surface area (Å²) in [5.74, 6) is -0.414. The number of sulfonamides is 1. The van der Waals surface area contributed by atoms with Gasteiger partial charge in [-0.05, 0) is 60.6 Å². The van der Waals surface area contributed by atoms with Crippen LogP contribution in [0.25, 0.3) is 11.0 Å². The first kappa shape index (κ1) is 22.2. The molecule has 0 spiro atoms. The Morgan fingerprint density at radius 1 is 1.22 bits per heavy atom. The summed E-state index contributed by atoms with van der Waals surface area (Å²) in [6, 6.07) is 8.32. The number of hydrogen-bond donors (Lipinski definition) is 3. The molecular formula is C24H27NO6S. The Morgan fingerprint density at radius 2 is 1.97 bits per heavy atom. The minimum Gasteiger partial charge on any atom is -0.507 e. The van der Waals surface area contributed by atoms with E-state index in [0.717, 1.165) is 60.1 Å².